The van der Waals surface area contributed by atoms with E-state index in [0.29, 0.717) is 24.5 Å². The Bertz CT molecular complexity index is 629. The van der Waals surface area contributed by atoms with E-state index in [2.05, 4.69) is 15.6 Å². The van der Waals surface area contributed by atoms with Crippen molar-refractivity contribution >= 4 is 17.4 Å². The number of methoxy groups -OCH3 is 2. The molecule has 1 aromatic carbocycles. The molecule has 1 amide bonds. The van der Waals surface area contributed by atoms with E-state index in [1.807, 2.05) is 24.3 Å². The van der Waals surface area contributed by atoms with Crippen LogP contribution in [-0.2, 0) is 4.74 Å². The second kappa shape index (κ2) is 8.75. The summed E-state index contributed by atoms with van der Waals surface area (Å²) in [6, 6.07) is 10.9. The highest BCUT2D eigenvalue weighted by molar-refractivity contribution is 5.99. The SMILES string of the molecule is COCCCNC(=O)c1cccnc1Nc1ccc(OC)cc1. The number of nitrogens with zero attached hydrogens (tertiary/aromatic N) is 1. The Morgan fingerprint density at radius 2 is 1.96 bits per heavy atom. The van der Waals surface area contributed by atoms with Crippen molar-refractivity contribution < 1.29 is 14.3 Å². The zero-order valence-electron chi connectivity index (χ0n) is 13.3. The van der Waals surface area contributed by atoms with E-state index >= 15 is 0 Å². The van der Waals surface area contributed by atoms with E-state index in [-0.39, 0.29) is 5.91 Å². The molecular formula is C17H21N3O3. The monoisotopic (exact) mass is 315 g/mol. The molecule has 2 rings (SSSR count). The highest BCUT2D eigenvalue weighted by atomic mass is 16.5. The minimum absolute atomic E-state index is 0.162. The molecule has 2 aromatic rings. The molecule has 0 saturated heterocycles. The van der Waals surface area contributed by atoms with Crippen LogP contribution >= 0.6 is 0 Å². The van der Waals surface area contributed by atoms with Gasteiger partial charge < -0.3 is 20.1 Å². The van der Waals surface area contributed by atoms with E-state index in [1.54, 1.807) is 32.5 Å². The van der Waals surface area contributed by atoms with Crippen LogP contribution in [0.15, 0.2) is 42.6 Å². The van der Waals surface area contributed by atoms with Crippen molar-refractivity contribution in [1.29, 1.82) is 0 Å². The minimum atomic E-state index is -0.162. The van der Waals surface area contributed by atoms with E-state index in [0.717, 1.165) is 17.9 Å². The van der Waals surface area contributed by atoms with Gasteiger partial charge in [-0.15, -0.1) is 0 Å². The Kier molecular flexibility index (Phi) is 6.38. The van der Waals surface area contributed by atoms with Gasteiger partial charge in [0.15, 0.2) is 0 Å². The number of benzene rings is 1. The fourth-order valence-electron chi connectivity index (χ4n) is 2.01. The van der Waals surface area contributed by atoms with Crippen LogP contribution in [0, 0.1) is 0 Å². The molecule has 0 bridgehead atoms. The Balaban J connectivity index is 2.05. The molecule has 1 heterocycles. The summed E-state index contributed by atoms with van der Waals surface area (Å²) >= 11 is 0. The first-order chi connectivity index (χ1) is 11.2. The average Bonchev–Trinajstić information content (AvgIpc) is 2.60. The van der Waals surface area contributed by atoms with Crippen LogP contribution < -0.4 is 15.4 Å². The van der Waals surface area contributed by atoms with Crippen molar-refractivity contribution in [3.63, 3.8) is 0 Å². The predicted octanol–water partition coefficient (Wildman–Crippen LogP) is 2.60. The zero-order chi connectivity index (χ0) is 16.5. The molecule has 0 aliphatic carbocycles. The summed E-state index contributed by atoms with van der Waals surface area (Å²) in [5, 5.41) is 6.01. The van der Waals surface area contributed by atoms with Crippen molar-refractivity contribution in [1.82, 2.24) is 10.3 Å². The molecule has 0 spiro atoms. The van der Waals surface area contributed by atoms with Crippen molar-refractivity contribution in [2.45, 2.75) is 6.42 Å². The van der Waals surface area contributed by atoms with E-state index < -0.39 is 0 Å². The van der Waals surface area contributed by atoms with Crippen molar-refractivity contribution in [3.8, 4) is 5.75 Å². The molecule has 1 aromatic heterocycles. The van der Waals surface area contributed by atoms with Crippen LogP contribution in [0.5, 0.6) is 5.75 Å². The van der Waals surface area contributed by atoms with Gasteiger partial charge in [0.1, 0.15) is 11.6 Å². The summed E-state index contributed by atoms with van der Waals surface area (Å²) in [4.78, 5) is 16.5. The second-order valence-corrected chi connectivity index (χ2v) is 4.86. The van der Waals surface area contributed by atoms with Gasteiger partial charge in [-0.05, 0) is 42.8 Å². The molecule has 0 saturated carbocycles. The molecule has 0 atom stereocenters. The standard InChI is InChI=1S/C17H21N3O3/c1-22-12-4-11-19-17(21)15-5-3-10-18-16(15)20-13-6-8-14(23-2)9-7-13/h3,5-10H,4,11-12H2,1-2H3,(H,18,20)(H,19,21). The molecule has 122 valence electrons. The smallest absolute Gasteiger partial charge is 0.255 e. The third-order valence-electron chi connectivity index (χ3n) is 3.22. The maximum Gasteiger partial charge on any atom is 0.255 e. The number of carbonyl (C=O) groups is 1. The van der Waals surface area contributed by atoms with Crippen LogP contribution in [0.2, 0.25) is 0 Å². The Hall–Kier alpha value is -2.60. The molecule has 23 heavy (non-hydrogen) atoms. The number of rotatable bonds is 8. The lowest BCUT2D eigenvalue weighted by Crippen LogP contribution is -2.26. The lowest BCUT2D eigenvalue weighted by Gasteiger charge is -2.11. The topological polar surface area (TPSA) is 72.5 Å². The maximum absolute atomic E-state index is 12.3. The van der Waals surface area contributed by atoms with Gasteiger partial charge in [-0.25, -0.2) is 4.98 Å². The number of amides is 1. The van der Waals surface area contributed by atoms with Gasteiger partial charge in [-0.3, -0.25) is 4.79 Å². The van der Waals surface area contributed by atoms with Gasteiger partial charge >= 0.3 is 0 Å². The first-order valence-electron chi connectivity index (χ1n) is 7.38. The molecule has 0 fully saturated rings. The Labute approximate surface area is 135 Å². The van der Waals surface area contributed by atoms with Crippen LogP contribution in [-0.4, -0.2) is 38.3 Å². The van der Waals surface area contributed by atoms with Crippen LogP contribution in [0.4, 0.5) is 11.5 Å². The van der Waals surface area contributed by atoms with Gasteiger partial charge in [0.25, 0.3) is 5.91 Å². The molecule has 6 heteroatoms. The van der Waals surface area contributed by atoms with Gasteiger partial charge in [0, 0.05) is 32.1 Å². The number of nitrogens with one attached hydrogen (secondary N) is 2. The fourth-order valence-corrected chi connectivity index (χ4v) is 2.01. The third kappa shape index (κ3) is 4.96. The number of aromatic nitrogens is 1. The molecule has 0 aliphatic heterocycles. The van der Waals surface area contributed by atoms with Crippen LogP contribution in [0.25, 0.3) is 0 Å². The first-order valence-corrected chi connectivity index (χ1v) is 7.38. The summed E-state index contributed by atoms with van der Waals surface area (Å²) < 4.78 is 10.1. The minimum Gasteiger partial charge on any atom is -0.497 e. The zero-order valence-corrected chi connectivity index (χ0v) is 13.3. The highest BCUT2D eigenvalue weighted by Gasteiger charge is 2.12. The summed E-state index contributed by atoms with van der Waals surface area (Å²) in [7, 11) is 3.26. The average molecular weight is 315 g/mol. The highest BCUT2D eigenvalue weighted by Crippen LogP contribution is 2.21. The molecular weight excluding hydrogens is 294 g/mol. The predicted molar refractivity (Wildman–Crippen MR) is 89.3 cm³/mol. The largest absolute Gasteiger partial charge is 0.497 e. The number of carbonyl (C=O) groups excluding carboxylic acids is 1. The molecule has 6 nitrogen and oxygen atoms in total. The number of anilines is 2. The second-order valence-electron chi connectivity index (χ2n) is 4.86. The lowest BCUT2D eigenvalue weighted by molar-refractivity contribution is 0.0949. The molecule has 2 N–H and O–H groups in total. The molecule has 0 radical (unpaired) electrons. The summed E-state index contributed by atoms with van der Waals surface area (Å²) in [6.45, 7) is 1.17. The van der Waals surface area contributed by atoms with E-state index in [4.69, 9.17) is 9.47 Å². The van der Waals surface area contributed by atoms with E-state index in [1.165, 1.54) is 0 Å². The van der Waals surface area contributed by atoms with Crippen molar-refractivity contribution in [2.75, 3.05) is 32.7 Å². The summed E-state index contributed by atoms with van der Waals surface area (Å²) in [5.74, 6) is 1.12. The lowest BCUT2D eigenvalue weighted by atomic mass is 10.2. The fraction of sp³-hybridized carbons (Fsp3) is 0.294. The number of pyridine rings is 1. The Morgan fingerprint density at radius 1 is 1.17 bits per heavy atom. The van der Waals surface area contributed by atoms with Gasteiger partial charge in [0.2, 0.25) is 0 Å². The van der Waals surface area contributed by atoms with Crippen molar-refractivity contribution in [2.24, 2.45) is 0 Å². The third-order valence-corrected chi connectivity index (χ3v) is 3.22. The summed E-state index contributed by atoms with van der Waals surface area (Å²) in [6.07, 6.45) is 2.41. The summed E-state index contributed by atoms with van der Waals surface area (Å²) in [5.41, 5.74) is 1.33. The Morgan fingerprint density at radius 3 is 2.65 bits per heavy atom. The van der Waals surface area contributed by atoms with Crippen LogP contribution in [0.3, 0.4) is 0 Å². The number of hydrogen-bond acceptors (Lipinski definition) is 5. The van der Waals surface area contributed by atoms with Gasteiger partial charge in [-0.2, -0.15) is 0 Å². The maximum atomic E-state index is 12.3. The molecule has 0 aliphatic rings. The van der Waals surface area contributed by atoms with Gasteiger partial charge in [-0.1, -0.05) is 0 Å². The van der Waals surface area contributed by atoms with Gasteiger partial charge in [0.05, 0.1) is 12.7 Å². The normalized spacial score (nSPS) is 10.2. The number of hydrogen-bond donors (Lipinski definition) is 2. The van der Waals surface area contributed by atoms with Crippen LogP contribution in [0.1, 0.15) is 16.8 Å². The quantitative estimate of drug-likeness (QED) is 0.733. The van der Waals surface area contributed by atoms with E-state index in [9.17, 15) is 4.79 Å². The van der Waals surface area contributed by atoms with Crippen molar-refractivity contribution in [3.05, 3.63) is 48.2 Å². The molecule has 0 unspecified atom stereocenters. The number of ether oxygens (including phenoxy) is 2. The first kappa shape index (κ1) is 16.8.